The summed E-state index contributed by atoms with van der Waals surface area (Å²) in [6.07, 6.45) is 6.89. The average Bonchev–Trinajstić information content (AvgIpc) is 2.78. The Balaban J connectivity index is 1.68. The van der Waals surface area contributed by atoms with Crippen molar-refractivity contribution in [3.63, 3.8) is 0 Å². The Labute approximate surface area is 199 Å². The van der Waals surface area contributed by atoms with Crippen LogP contribution in [0.1, 0.15) is 67.6 Å². The number of fused-ring (bicyclic) bond motifs is 2. The van der Waals surface area contributed by atoms with Gasteiger partial charge >= 0.3 is 0 Å². The Morgan fingerprint density at radius 3 is 2.41 bits per heavy atom. The molecular formula is C27H30O7. The lowest BCUT2D eigenvalue weighted by Gasteiger charge is -2.34. The minimum atomic E-state index is -0.649. The summed E-state index contributed by atoms with van der Waals surface area (Å²) >= 11 is 0. The monoisotopic (exact) mass is 466 g/mol. The number of aromatic hydroxyl groups is 2. The minimum Gasteiger partial charge on any atom is -0.506 e. The van der Waals surface area contributed by atoms with Gasteiger partial charge < -0.3 is 29.2 Å². The van der Waals surface area contributed by atoms with E-state index in [1.54, 1.807) is 18.2 Å². The van der Waals surface area contributed by atoms with Crippen LogP contribution in [0.4, 0.5) is 0 Å². The Bertz CT molecular complexity index is 1160. The van der Waals surface area contributed by atoms with Gasteiger partial charge in [0.1, 0.15) is 34.5 Å². The van der Waals surface area contributed by atoms with Gasteiger partial charge in [0, 0.05) is 11.6 Å². The maximum atomic E-state index is 13.1. The number of carbonyl (C=O) groups excluding carboxylic acids is 1. The number of rotatable bonds is 6. The molecule has 2 atom stereocenters. The summed E-state index contributed by atoms with van der Waals surface area (Å²) < 4.78 is 22.9. The van der Waals surface area contributed by atoms with Crippen LogP contribution in [0.25, 0.3) is 6.08 Å². The maximum Gasteiger partial charge on any atom is 0.200 e. The first-order chi connectivity index (χ1) is 16.2. The van der Waals surface area contributed by atoms with Crippen LogP contribution in [0.15, 0.2) is 35.9 Å². The number of allylic oxidation sites excluding steroid dienone is 2. The Morgan fingerprint density at radius 1 is 1.12 bits per heavy atom. The molecule has 2 N–H and O–H groups in total. The molecule has 2 aromatic rings. The second kappa shape index (κ2) is 8.97. The van der Waals surface area contributed by atoms with Gasteiger partial charge in [0.05, 0.1) is 26.2 Å². The van der Waals surface area contributed by atoms with Gasteiger partial charge in [-0.1, -0.05) is 11.6 Å². The number of Topliss-reactive ketones (excluding diaryl/α,β-unsaturated/α-hetero) is 1. The first-order valence-corrected chi connectivity index (χ1v) is 11.2. The Morgan fingerprint density at radius 2 is 1.79 bits per heavy atom. The van der Waals surface area contributed by atoms with Crippen LogP contribution in [0.3, 0.4) is 0 Å². The zero-order chi connectivity index (χ0) is 24.6. The summed E-state index contributed by atoms with van der Waals surface area (Å²) in [5.74, 6) is 0.631. The van der Waals surface area contributed by atoms with Crippen LogP contribution in [0.5, 0.6) is 34.5 Å². The van der Waals surface area contributed by atoms with Gasteiger partial charge in [0.2, 0.25) is 5.75 Å². The van der Waals surface area contributed by atoms with Gasteiger partial charge in [-0.3, -0.25) is 4.79 Å². The van der Waals surface area contributed by atoms with E-state index in [4.69, 9.17) is 18.9 Å². The van der Waals surface area contributed by atoms with Crippen LogP contribution >= 0.6 is 0 Å². The van der Waals surface area contributed by atoms with Crippen molar-refractivity contribution in [2.45, 2.75) is 51.7 Å². The molecule has 0 aliphatic carbocycles. The van der Waals surface area contributed by atoms with E-state index in [1.165, 1.54) is 19.8 Å². The van der Waals surface area contributed by atoms with Gasteiger partial charge in [0.25, 0.3) is 0 Å². The van der Waals surface area contributed by atoms with E-state index >= 15 is 0 Å². The van der Waals surface area contributed by atoms with Crippen LogP contribution in [-0.2, 0) is 0 Å². The van der Waals surface area contributed by atoms with E-state index < -0.39 is 11.7 Å². The van der Waals surface area contributed by atoms with E-state index in [0.717, 1.165) is 12.8 Å². The molecule has 2 aliphatic rings. The normalized spacial score (nSPS) is 20.5. The highest BCUT2D eigenvalue weighted by atomic mass is 16.5. The molecule has 0 radical (unpaired) electrons. The van der Waals surface area contributed by atoms with Gasteiger partial charge in [-0.25, -0.2) is 0 Å². The standard InChI is InChI=1S/C27H30O7/c1-15(2)7-6-9-27(3)10-8-17-20(34-27)14-21-24(25(17)29)18(28)13-19(33-21)16-11-22(31-4)26(30)23(12-16)32-5/h7-8,10-12,14,19,29-30H,6,9,13H2,1-5H3. The molecular weight excluding hydrogens is 436 g/mol. The zero-order valence-electron chi connectivity index (χ0n) is 20.1. The number of carbonyl (C=O) groups is 1. The summed E-state index contributed by atoms with van der Waals surface area (Å²) in [7, 11) is 2.87. The lowest BCUT2D eigenvalue weighted by atomic mass is 9.90. The molecule has 0 bridgehead atoms. The quantitative estimate of drug-likeness (QED) is 0.525. The van der Waals surface area contributed by atoms with Crippen molar-refractivity contribution in [2.75, 3.05) is 14.2 Å². The molecule has 0 spiro atoms. The van der Waals surface area contributed by atoms with Crippen molar-refractivity contribution in [3.05, 3.63) is 52.6 Å². The smallest absolute Gasteiger partial charge is 0.200 e. The van der Waals surface area contributed by atoms with Gasteiger partial charge in [-0.05, 0) is 57.9 Å². The molecule has 0 fully saturated rings. The summed E-state index contributed by atoms with van der Waals surface area (Å²) in [5, 5.41) is 21.1. The molecule has 2 aromatic carbocycles. The molecule has 2 heterocycles. The number of hydrogen-bond donors (Lipinski definition) is 2. The third kappa shape index (κ3) is 4.30. The first-order valence-electron chi connectivity index (χ1n) is 11.2. The van der Waals surface area contributed by atoms with Crippen LogP contribution < -0.4 is 18.9 Å². The highest BCUT2D eigenvalue weighted by Crippen LogP contribution is 2.49. The average molecular weight is 467 g/mol. The van der Waals surface area contributed by atoms with Gasteiger partial charge in [-0.2, -0.15) is 0 Å². The van der Waals surface area contributed by atoms with Crippen molar-refractivity contribution < 1.29 is 34.0 Å². The fourth-order valence-corrected chi connectivity index (χ4v) is 4.32. The highest BCUT2D eigenvalue weighted by molar-refractivity contribution is 6.04. The van der Waals surface area contributed by atoms with E-state index in [1.807, 2.05) is 19.1 Å². The Kier molecular flexibility index (Phi) is 6.21. The largest absolute Gasteiger partial charge is 0.506 e. The highest BCUT2D eigenvalue weighted by Gasteiger charge is 2.36. The van der Waals surface area contributed by atoms with Crippen molar-refractivity contribution in [3.8, 4) is 34.5 Å². The third-order valence-corrected chi connectivity index (χ3v) is 6.20. The van der Waals surface area contributed by atoms with Gasteiger partial charge in [0.15, 0.2) is 17.3 Å². The van der Waals surface area contributed by atoms with Crippen molar-refractivity contribution >= 4 is 11.9 Å². The molecule has 0 saturated heterocycles. The van der Waals surface area contributed by atoms with Crippen LogP contribution in [-0.4, -0.2) is 35.8 Å². The number of methoxy groups -OCH3 is 2. The Hall–Kier alpha value is -3.61. The molecule has 0 saturated carbocycles. The first kappa shape index (κ1) is 23.5. The molecule has 4 rings (SSSR count). The van der Waals surface area contributed by atoms with Crippen molar-refractivity contribution in [1.29, 1.82) is 0 Å². The third-order valence-electron chi connectivity index (χ3n) is 6.20. The van der Waals surface area contributed by atoms with E-state index in [0.29, 0.717) is 16.9 Å². The topological polar surface area (TPSA) is 94.5 Å². The summed E-state index contributed by atoms with van der Waals surface area (Å²) in [6.45, 7) is 6.11. The lowest BCUT2D eigenvalue weighted by Crippen LogP contribution is -2.32. The number of benzene rings is 2. The molecule has 180 valence electrons. The second-order valence-corrected chi connectivity index (χ2v) is 9.09. The molecule has 34 heavy (non-hydrogen) atoms. The van der Waals surface area contributed by atoms with E-state index in [-0.39, 0.29) is 46.5 Å². The zero-order valence-corrected chi connectivity index (χ0v) is 20.1. The lowest BCUT2D eigenvalue weighted by molar-refractivity contribution is 0.0839. The summed E-state index contributed by atoms with van der Waals surface area (Å²) in [6, 6.07) is 4.89. The molecule has 2 aliphatic heterocycles. The predicted octanol–water partition coefficient (Wildman–Crippen LogP) is 5.73. The summed E-state index contributed by atoms with van der Waals surface area (Å²) in [4.78, 5) is 13.1. The number of ketones is 1. The van der Waals surface area contributed by atoms with E-state index in [2.05, 4.69) is 19.9 Å². The predicted molar refractivity (Wildman–Crippen MR) is 128 cm³/mol. The fraction of sp³-hybridized carbons (Fsp3) is 0.370. The fourth-order valence-electron chi connectivity index (χ4n) is 4.32. The molecule has 0 aromatic heterocycles. The number of ether oxygens (including phenoxy) is 4. The number of phenolic OH excluding ortho intramolecular Hbond substituents is 2. The second-order valence-electron chi connectivity index (χ2n) is 9.09. The molecule has 0 amide bonds. The SMILES string of the molecule is COc1cc(C2CC(=O)c3c(cc4c(c3O)C=CC(C)(CCC=C(C)C)O4)O2)cc(OC)c1O. The maximum absolute atomic E-state index is 13.1. The summed E-state index contributed by atoms with van der Waals surface area (Å²) in [5.41, 5.74) is 1.93. The minimum absolute atomic E-state index is 0.0153. The van der Waals surface area contributed by atoms with E-state index in [9.17, 15) is 15.0 Å². The number of phenols is 2. The molecule has 7 nitrogen and oxygen atoms in total. The number of hydrogen-bond acceptors (Lipinski definition) is 7. The van der Waals surface area contributed by atoms with Crippen molar-refractivity contribution in [1.82, 2.24) is 0 Å². The molecule has 7 heteroatoms. The van der Waals surface area contributed by atoms with Crippen LogP contribution in [0, 0.1) is 0 Å². The van der Waals surface area contributed by atoms with Crippen LogP contribution in [0.2, 0.25) is 0 Å². The van der Waals surface area contributed by atoms with Gasteiger partial charge in [-0.15, -0.1) is 0 Å². The molecule has 2 unspecified atom stereocenters. The van der Waals surface area contributed by atoms with Crippen molar-refractivity contribution in [2.24, 2.45) is 0 Å².